The molecular weight excluding hydrogens is 294 g/mol. The standard InChI is InChI=1S/C11H12F6O3/c1-6(2)7(18)19-8(3)4-5-9(20-8,10(12,13)14)11(15,16)17/h1,4-5H2,2-3H3. The third kappa shape index (κ3) is 2.77. The maximum Gasteiger partial charge on any atom is 0.426 e. The number of halogens is 6. The van der Waals surface area contributed by atoms with E-state index in [1.165, 1.54) is 6.92 Å². The van der Waals surface area contributed by atoms with E-state index in [0.29, 0.717) is 0 Å². The zero-order chi connectivity index (χ0) is 16.0. The van der Waals surface area contributed by atoms with Crippen LogP contribution in [0.1, 0.15) is 26.7 Å². The normalized spacial score (nSPS) is 26.4. The van der Waals surface area contributed by atoms with Crippen molar-refractivity contribution in [1.29, 1.82) is 0 Å². The summed E-state index contributed by atoms with van der Waals surface area (Å²) >= 11 is 0. The molecule has 9 heteroatoms. The molecule has 0 bridgehead atoms. The minimum atomic E-state index is -5.67. The van der Waals surface area contributed by atoms with Gasteiger partial charge in [-0.3, -0.25) is 0 Å². The predicted octanol–water partition coefficient (Wildman–Crippen LogP) is 3.50. The van der Waals surface area contributed by atoms with Crippen molar-refractivity contribution in [3.63, 3.8) is 0 Å². The Morgan fingerprint density at radius 3 is 1.90 bits per heavy atom. The molecule has 3 nitrogen and oxygen atoms in total. The van der Waals surface area contributed by atoms with Crippen molar-refractivity contribution in [2.75, 3.05) is 0 Å². The minimum Gasteiger partial charge on any atom is -0.430 e. The number of carbonyl (C=O) groups excluding carboxylic acids is 1. The third-order valence-corrected chi connectivity index (χ3v) is 2.89. The molecule has 0 spiro atoms. The summed E-state index contributed by atoms with van der Waals surface area (Å²) in [6, 6.07) is 0. The van der Waals surface area contributed by atoms with Crippen LogP contribution in [0.15, 0.2) is 12.2 Å². The number of ether oxygens (including phenoxy) is 2. The van der Waals surface area contributed by atoms with Gasteiger partial charge in [-0.1, -0.05) is 6.58 Å². The molecule has 0 N–H and O–H groups in total. The molecule has 0 radical (unpaired) electrons. The molecule has 0 aromatic rings. The molecule has 1 saturated heterocycles. The summed E-state index contributed by atoms with van der Waals surface area (Å²) in [5.74, 6) is -3.42. The summed E-state index contributed by atoms with van der Waals surface area (Å²) < 4.78 is 85.2. The summed E-state index contributed by atoms with van der Waals surface area (Å²) in [6.45, 7) is 5.25. The zero-order valence-electron chi connectivity index (χ0n) is 10.6. The second kappa shape index (κ2) is 4.64. The highest BCUT2D eigenvalue weighted by molar-refractivity contribution is 5.87. The Kier molecular flexibility index (Phi) is 3.90. The van der Waals surface area contributed by atoms with Crippen molar-refractivity contribution in [2.45, 2.75) is 50.4 Å². The average molecular weight is 306 g/mol. The van der Waals surface area contributed by atoms with E-state index >= 15 is 0 Å². The molecular formula is C11H12F6O3. The Bertz CT molecular complexity index is 411. The van der Waals surface area contributed by atoms with Crippen LogP contribution in [-0.2, 0) is 14.3 Å². The lowest BCUT2D eigenvalue weighted by molar-refractivity contribution is -0.399. The second-order valence-corrected chi connectivity index (χ2v) is 4.73. The molecule has 1 aliphatic rings. The van der Waals surface area contributed by atoms with Crippen LogP contribution in [0.4, 0.5) is 26.3 Å². The molecule has 1 aliphatic heterocycles. The summed E-state index contributed by atoms with van der Waals surface area (Å²) in [7, 11) is 0. The Labute approximate surface area is 110 Å². The van der Waals surface area contributed by atoms with Gasteiger partial charge in [0.15, 0.2) is 0 Å². The first-order valence-corrected chi connectivity index (χ1v) is 5.47. The van der Waals surface area contributed by atoms with Gasteiger partial charge in [0.25, 0.3) is 5.60 Å². The van der Waals surface area contributed by atoms with Crippen LogP contribution in [0, 0.1) is 0 Å². The van der Waals surface area contributed by atoms with Crippen molar-refractivity contribution < 1.29 is 40.6 Å². The lowest BCUT2D eigenvalue weighted by Crippen LogP contribution is -2.58. The summed E-state index contributed by atoms with van der Waals surface area (Å²) in [6.07, 6.45) is -13.4. The number of esters is 1. The van der Waals surface area contributed by atoms with E-state index in [-0.39, 0.29) is 5.57 Å². The number of hydrogen-bond donors (Lipinski definition) is 0. The van der Waals surface area contributed by atoms with Gasteiger partial charge in [0, 0.05) is 25.3 Å². The second-order valence-electron chi connectivity index (χ2n) is 4.73. The predicted molar refractivity (Wildman–Crippen MR) is 54.5 cm³/mol. The van der Waals surface area contributed by atoms with Crippen LogP contribution >= 0.6 is 0 Å². The molecule has 0 aliphatic carbocycles. The van der Waals surface area contributed by atoms with Crippen molar-refractivity contribution in [1.82, 2.24) is 0 Å². The van der Waals surface area contributed by atoms with E-state index < -0.39 is 42.6 Å². The van der Waals surface area contributed by atoms with Crippen LogP contribution in [-0.4, -0.2) is 29.7 Å². The van der Waals surface area contributed by atoms with Gasteiger partial charge in [-0.2, -0.15) is 26.3 Å². The monoisotopic (exact) mass is 306 g/mol. The molecule has 0 aromatic carbocycles. The molecule has 1 unspecified atom stereocenters. The maximum absolute atomic E-state index is 12.7. The lowest BCUT2D eigenvalue weighted by atomic mass is 9.98. The molecule has 0 saturated carbocycles. The first-order chi connectivity index (χ1) is 8.74. The Morgan fingerprint density at radius 2 is 1.60 bits per heavy atom. The Hall–Kier alpha value is -1.25. The number of alkyl halides is 6. The van der Waals surface area contributed by atoms with Crippen LogP contribution in [0.25, 0.3) is 0 Å². The molecule has 1 rings (SSSR count). The van der Waals surface area contributed by atoms with Crippen molar-refractivity contribution in [3.8, 4) is 0 Å². The van der Waals surface area contributed by atoms with Crippen molar-refractivity contribution in [2.24, 2.45) is 0 Å². The van der Waals surface area contributed by atoms with Crippen LogP contribution in [0.2, 0.25) is 0 Å². The molecule has 0 amide bonds. The number of hydrogen-bond acceptors (Lipinski definition) is 3. The fraction of sp³-hybridized carbons (Fsp3) is 0.727. The largest absolute Gasteiger partial charge is 0.430 e. The van der Waals surface area contributed by atoms with Crippen molar-refractivity contribution in [3.05, 3.63) is 12.2 Å². The summed E-state index contributed by atoms with van der Waals surface area (Å²) in [4.78, 5) is 11.3. The highest BCUT2D eigenvalue weighted by Crippen LogP contribution is 2.55. The van der Waals surface area contributed by atoms with Crippen LogP contribution < -0.4 is 0 Å². The molecule has 1 atom stereocenters. The highest BCUT2D eigenvalue weighted by Gasteiger charge is 2.76. The van der Waals surface area contributed by atoms with Gasteiger partial charge < -0.3 is 9.47 Å². The van der Waals surface area contributed by atoms with E-state index in [1.54, 1.807) is 0 Å². The summed E-state index contributed by atoms with van der Waals surface area (Å²) in [5.41, 5.74) is -4.49. The molecule has 1 heterocycles. The SMILES string of the molecule is C=C(C)C(=O)OC1(C)CCC(C(F)(F)F)(C(F)(F)F)O1. The van der Waals surface area contributed by atoms with Gasteiger partial charge >= 0.3 is 18.3 Å². The fourth-order valence-corrected chi connectivity index (χ4v) is 1.79. The fourth-order valence-electron chi connectivity index (χ4n) is 1.79. The molecule has 0 aromatic heterocycles. The highest BCUT2D eigenvalue weighted by atomic mass is 19.4. The van der Waals surface area contributed by atoms with E-state index in [9.17, 15) is 31.1 Å². The van der Waals surface area contributed by atoms with E-state index in [2.05, 4.69) is 16.1 Å². The van der Waals surface area contributed by atoms with Gasteiger partial charge in [0.1, 0.15) is 0 Å². The van der Waals surface area contributed by atoms with Gasteiger partial charge in [0.2, 0.25) is 5.79 Å². The average Bonchev–Trinajstić information content (AvgIpc) is 2.55. The molecule has 116 valence electrons. The topological polar surface area (TPSA) is 35.5 Å². The first kappa shape index (κ1) is 16.8. The van der Waals surface area contributed by atoms with E-state index in [4.69, 9.17) is 0 Å². The van der Waals surface area contributed by atoms with Gasteiger partial charge in [0.05, 0.1) is 0 Å². The van der Waals surface area contributed by atoms with Crippen LogP contribution in [0.5, 0.6) is 0 Å². The smallest absolute Gasteiger partial charge is 0.426 e. The Morgan fingerprint density at radius 1 is 1.15 bits per heavy atom. The lowest BCUT2D eigenvalue weighted by Gasteiger charge is -2.35. The summed E-state index contributed by atoms with van der Waals surface area (Å²) in [5, 5.41) is 0. The van der Waals surface area contributed by atoms with Gasteiger partial charge in [-0.15, -0.1) is 0 Å². The quantitative estimate of drug-likeness (QED) is 0.445. The maximum atomic E-state index is 12.7. The van der Waals surface area contributed by atoms with E-state index in [1.807, 2.05) is 0 Å². The van der Waals surface area contributed by atoms with Crippen LogP contribution in [0.3, 0.4) is 0 Å². The number of rotatable bonds is 2. The first-order valence-electron chi connectivity index (χ1n) is 5.47. The molecule has 1 fully saturated rings. The van der Waals surface area contributed by atoms with Gasteiger partial charge in [-0.05, 0) is 6.92 Å². The minimum absolute atomic E-state index is 0.161. The number of carbonyl (C=O) groups is 1. The van der Waals surface area contributed by atoms with E-state index in [0.717, 1.165) is 6.92 Å². The Balaban J connectivity index is 3.08. The van der Waals surface area contributed by atoms with Crippen molar-refractivity contribution >= 4 is 5.97 Å². The zero-order valence-corrected chi connectivity index (χ0v) is 10.6. The third-order valence-electron chi connectivity index (χ3n) is 2.89. The van der Waals surface area contributed by atoms with Gasteiger partial charge in [-0.25, -0.2) is 4.79 Å². The molecule has 20 heavy (non-hydrogen) atoms.